The predicted octanol–water partition coefficient (Wildman–Crippen LogP) is 3.31. The molecule has 0 bridgehead atoms. The van der Waals surface area contributed by atoms with E-state index in [9.17, 15) is 13.2 Å². The van der Waals surface area contributed by atoms with Gasteiger partial charge < -0.3 is 10.5 Å². The zero-order chi connectivity index (χ0) is 12.5. The molecule has 1 fully saturated rings. The van der Waals surface area contributed by atoms with Gasteiger partial charge in [-0.2, -0.15) is 0 Å². The van der Waals surface area contributed by atoms with Crippen LogP contribution in [0, 0.1) is 0 Å². The second-order valence-electron chi connectivity index (χ2n) is 4.41. The first-order valence-corrected chi connectivity index (χ1v) is 5.55. The minimum Gasteiger partial charge on any atom is -0.405 e. The topological polar surface area (TPSA) is 35.2 Å². The molecule has 2 rings (SSSR count). The number of ether oxygens (including phenoxy) is 1. The Morgan fingerprint density at radius 2 is 1.71 bits per heavy atom. The van der Waals surface area contributed by atoms with Gasteiger partial charge in [-0.25, -0.2) is 0 Å². The number of alkyl halides is 3. The quantitative estimate of drug-likeness (QED) is 0.867. The van der Waals surface area contributed by atoms with Crippen molar-refractivity contribution in [2.24, 2.45) is 5.73 Å². The molecule has 0 spiro atoms. The summed E-state index contributed by atoms with van der Waals surface area (Å²) in [7, 11) is 0. The van der Waals surface area contributed by atoms with Crippen LogP contribution in [0.5, 0.6) is 5.75 Å². The molecule has 0 heterocycles. The largest absolute Gasteiger partial charge is 0.573 e. The lowest BCUT2D eigenvalue weighted by molar-refractivity contribution is -0.275. The average Bonchev–Trinajstić information content (AvgIpc) is 2.64. The Kier molecular flexibility index (Phi) is 3.03. The monoisotopic (exact) mass is 245 g/mol. The van der Waals surface area contributed by atoms with E-state index in [4.69, 9.17) is 5.73 Å². The fraction of sp³-hybridized carbons (Fsp3) is 0.500. The third kappa shape index (κ3) is 2.72. The Morgan fingerprint density at radius 1 is 1.12 bits per heavy atom. The lowest BCUT2D eigenvalue weighted by atomic mass is 9.89. The summed E-state index contributed by atoms with van der Waals surface area (Å²) in [5.74, 6) is -0.176. The van der Waals surface area contributed by atoms with Crippen LogP contribution in [0.3, 0.4) is 0 Å². The van der Waals surface area contributed by atoms with Gasteiger partial charge in [0.2, 0.25) is 0 Å². The highest BCUT2D eigenvalue weighted by Crippen LogP contribution is 2.41. The Bertz CT molecular complexity index is 397. The van der Waals surface area contributed by atoms with Gasteiger partial charge in [0.25, 0.3) is 0 Å². The van der Waals surface area contributed by atoms with Gasteiger partial charge in [-0.15, -0.1) is 13.2 Å². The highest BCUT2D eigenvalue weighted by molar-refractivity contribution is 5.39. The maximum Gasteiger partial charge on any atom is 0.573 e. The van der Waals surface area contributed by atoms with Crippen molar-refractivity contribution < 1.29 is 17.9 Å². The number of rotatable bonds is 2. The molecule has 1 aliphatic carbocycles. The molecule has 0 atom stereocenters. The molecule has 0 saturated heterocycles. The molecule has 2 nitrogen and oxygen atoms in total. The van der Waals surface area contributed by atoms with E-state index >= 15 is 0 Å². The second-order valence-corrected chi connectivity index (χ2v) is 4.41. The van der Waals surface area contributed by atoms with Crippen molar-refractivity contribution in [3.05, 3.63) is 29.8 Å². The van der Waals surface area contributed by atoms with Crippen molar-refractivity contribution in [2.75, 3.05) is 0 Å². The van der Waals surface area contributed by atoms with Crippen LogP contribution >= 0.6 is 0 Å². The molecule has 94 valence electrons. The van der Waals surface area contributed by atoms with E-state index in [0.29, 0.717) is 18.4 Å². The maximum atomic E-state index is 12.3. The van der Waals surface area contributed by atoms with Gasteiger partial charge in [-0.1, -0.05) is 31.0 Å². The van der Waals surface area contributed by atoms with Gasteiger partial charge in [0.15, 0.2) is 0 Å². The van der Waals surface area contributed by atoms with Crippen molar-refractivity contribution in [3.63, 3.8) is 0 Å². The summed E-state index contributed by atoms with van der Waals surface area (Å²) in [6.45, 7) is 0. The van der Waals surface area contributed by atoms with Gasteiger partial charge in [-0.3, -0.25) is 0 Å². The van der Waals surface area contributed by atoms with Gasteiger partial charge in [-0.05, 0) is 18.9 Å². The Balaban J connectivity index is 2.33. The molecule has 0 unspecified atom stereocenters. The molecular formula is C12H14F3NO. The average molecular weight is 245 g/mol. The van der Waals surface area contributed by atoms with Crippen molar-refractivity contribution in [1.82, 2.24) is 0 Å². The van der Waals surface area contributed by atoms with Gasteiger partial charge in [0.05, 0.1) is 0 Å². The molecule has 5 heteroatoms. The number of nitrogens with two attached hydrogens (primary N) is 1. The number of hydrogen-bond acceptors (Lipinski definition) is 2. The smallest absolute Gasteiger partial charge is 0.405 e. The van der Waals surface area contributed by atoms with Crippen molar-refractivity contribution >= 4 is 0 Å². The summed E-state index contributed by atoms with van der Waals surface area (Å²) in [6.07, 6.45) is -1.39. The summed E-state index contributed by atoms with van der Waals surface area (Å²) in [6, 6.07) is 6.14. The first-order chi connectivity index (χ1) is 7.91. The summed E-state index contributed by atoms with van der Waals surface area (Å²) in [5.41, 5.74) is 5.93. The van der Waals surface area contributed by atoms with Crippen molar-refractivity contribution in [2.45, 2.75) is 37.6 Å². The van der Waals surface area contributed by atoms with Crippen LogP contribution in [0.15, 0.2) is 24.3 Å². The van der Waals surface area contributed by atoms with Crippen LogP contribution in [0.2, 0.25) is 0 Å². The molecule has 1 aromatic carbocycles. The van der Waals surface area contributed by atoms with Gasteiger partial charge >= 0.3 is 6.36 Å². The minimum absolute atomic E-state index is 0.176. The Morgan fingerprint density at radius 3 is 2.29 bits per heavy atom. The van der Waals surface area contributed by atoms with Crippen LogP contribution < -0.4 is 10.5 Å². The fourth-order valence-corrected chi connectivity index (χ4v) is 2.37. The normalized spacial score (nSPS) is 19.3. The number of para-hydroxylation sites is 1. The third-order valence-electron chi connectivity index (χ3n) is 3.14. The fourth-order valence-electron chi connectivity index (χ4n) is 2.37. The molecule has 0 radical (unpaired) electrons. The van der Waals surface area contributed by atoms with Gasteiger partial charge in [0, 0.05) is 11.1 Å². The summed E-state index contributed by atoms with van der Waals surface area (Å²) in [5, 5.41) is 0. The van der Waals surface area contributed by atoms with E-state index in [1.807, 2.05) is 0 Å². The van der Waals surface area contributed by atoms with Crippen molar-refractivity contribution in [3.8, 4) is 5.75 Å². The van der Waals surface area contributed by atoms with Gasteiger partial charge in [0.1, 0.15) is 5.75 Å². The second kappa shape index (κ2) is 4.22. The first-order valence-electron chi connectivity index (χ1n) is 5.55. The van der Waals surface area contributed by atoms with E-state index in [2.05, 4.69) is 4.74 Å². The Hall–Kier alpha value is -1.23. The molecule has 0 aliphatic heterocycles. The zero-order valence-corrected chi connectivity index (χ0v) is 9.26. The molecule has 1 aromatic rings. The van der Waals surface area contributed by atoms with Crippen LogP contribution in [0.25, 0.3) is 0 Å². The molecule has 0 aromatic heterocycles. The molecule has 17 heavy (non-hydrogen) atoms. The molecule has 0 amide bonds. The molecule has 1 saturated carbocycles. The van der Waals surface area contributed by atoms with Crippen LogP contribution in [-0.2, 0) is 5.54 Å². The SMILES string of the molecule is NC1(c2ccccc2OC(F)(F)F)CCCC1. The summed E-state index contributed by atoms with van der Waals surface area (Å²) < 4.78 is 40.8. The first kappa shape index (κ1) is 12.2. The Labute approximate surface area is 97.6 Å². The molecule has 1 aliphatic rings. The highest BCUT2D eigenvalue weighted by Gasteiger charge is 2.37. The lowest BCUT2D eigenvalue weighted by Gasteiger charge is -2.26. The minimum atomic E-state index is -4.68. The van der Waals surface area contributed by atoms with E-state index in [1.165, 1.54) is 12.1 Å². The van der Waals surface area contributed by atoms with Crippen molar-refractivity contribution in [1.29, 1.82) is 0 Å². The van der Waals surface area contributed by atoms with E-state index < -0.39 is 11.9 Å². The lowest BCUT2D eigenvalue weighted by Crippen LogP contribution is -2.34. The zero-order valence-electron chi connectivity index (χ0n) is 9.26. The van der Waals surface area contributed by atoms with Crippen LogP contribution in [-0.4, -0.2) is 6.36 Å². The summed E-state index contributed by atoms with van der Waals surface area (Å²) >= 11 is 0. The summed E-state index contributed by atoms with van der Waals surface area (Å²) in [4.78, 5) is 0. The number of benzene rings is 1. The van der Waals surface area contributed by atoms with E-state index in [0.717, 1.165) is 12.8 Å². The van der Waals surface area contributed by atoms with Crippen LogP contribution in [0.4, 0.5) is 13.2 Å². The van der Waals surface area contributed by atoms with E-state index in [1.54, 1.807) is 12.1 Å². The predicted molar refractivity (Wildman–Crippen MR) is 57.5 cm³/mol. The molecular weight excluding hydrogens is 231 g/mol. The number of hydrogen-bond donors (Lipinski definition) is 1. The maximum absolute atomic E-state index is 12.3. The van der Waals surface area contributed by atoms with E-state index in [-0.39, 0.29) is 5.75 Å². The third-order valence-corrected chi connectivity index (χ3v) is 3.14. The molecule has 2 N–H and O–H groups in total. The number of halogens is 3. The standard InChI is InChI=1S/C12H14F3NO/c13-12(14,15)17-10-6-2-1-5-9(10)11(16)7-3-4-8-11/h1-2,5-6H,3-4,7-8,16H2. The highest BCUT2D eigenvalue weighted by atomic mass is 19.4. The van der Waals surface area contributed by atoms with Crippen LogP contribution in [0.1, 0.15) is 31.2 Å².